The van der Waals surface area contributed by atoms with Crippen LogP contribution in [0.1, 0.15) is 13.8 Å². The highest BCUT2D eigenvalue weighted by Crippen LogP contribution is 2.29. The zero-order valence-electron chi connectivity index (χ0n) is 16.0. The van der Waals surface area contributed by atoms with Gasteiger partial charge in [-0.2, -0.15) is 0 Å². The third-order valence-electron chi connectivity index (χ3n) is 3.63. The standard InChI is InChI=1S/C19H25N5O4/c1-3-27-14-9-10-18(28-4-2)16(13-14)23-19(20)22-12-11-21-15-7-5-6-8-17(15)24(25)26/h5-10,13,21H,3-4,11-12H2,1-2H3,(H3,20,22,23). The molecule has 2 aromatic carbocycles. The van der Waals surface area contributed by atoms with Crippen molar-refractivity contribution in [1.82, 2.24) is 0 Å². The Bertz CT molecular complexity index is 826. The minimum atomic E-state index is -0.428. The number of para-hydroxylation sites is 2. The van der Waals surface area contributed by atoms with Gasteiger partial charge in [-0.1, -0.05) is 12.1 Å². The minimum absolute atomic E-state index is 0.0201. The van der Waals surface area contributed by atoms with E-state index in [4.69, 9.17) is 15.2 Å². The molecule has 0 radical (unpaired) electrons. The third-order valence-corrected chi connectivity index (χ3v) is 3.63. The maximum absolute atomic E-state index is 11.0. The average molecular weight is 387 g/mol. The van der Waals surface area contributed by atoms with Gasteiger partial charge in [0, 0.05) is 18.7 Å². The number of anilines is 2. The molecule has 0 amide bonds. The van der Waals surface area contributed by atoms with Crippen molar-refractivity contribution in [2.75, 3.05) is 36.9 Å². The Morgan fingerprint density at radius 1 is 1.14 bits per heavy atom. The molecule has 9 heteroatoms. The number of rotatable bonds is 10. The van der Waals surface area contributed by atoms with Crippen molar-refractivity contribution in [3.05, 3.63) is 52.6 Å². The normalized spacial score (nSPS) is 11.0. The van der Waals surface area contributed by atoms with E-state index in [9.17, 15) is 10.1 Å². The molecule has 0 aliphatic heterocycles. The molecule has 0 heterocycles. The van der Waals surface area contributed by atoms with Gasteiger partial charge < -0.3 is 25.8 Å². The first-order chi connectivity index (χ1) is 13.5. The molecule has 0 atom stereocenters. The van der Waals surface area contributed by atoms with Gasteiger partial charge in [0.15, 0.2) is 5.96 Å². The second-order valence-electron chi connectivity index (χ2n) is 5.62. The molecule has 150 valence electrons. The zero-order valence-corrected chi connectivity index (χ0v) is 16.0. The van der Waals surface area contributed by atoms with Gasteiger partial charge in [0.05, 0.1) is 30.4 Å². The average Bonchev–Trinajstić information content (AvgIpc) is 2.68. The fourth-order valence-corrected chi connectivity index (χ4v) is 2.47. The van der Waals surface area contributed by atoms with Gasteiger partial charge in [-0.05, 0) is 32.0 Å². The molecule has 0 aliphatic rings. The Balaban J connectivity index is 1.97. The van der Waals surface area contributed by atoms with E-state index in [1.807, 2.05) is 19.9 Å². The van der Waals surface area contributed by atoms with Crippen molar-refractivity contribution in [2.45, 2.75) is 13.8 Å². The number of benzene rings is 2. The monoisotopic (exact) mass is 387 g/mol. The van der Waals surface area contributed by atoms with Crippen LogP contribution in [0.5, 0.6) is 11.5 Å². The van der Waals surface area contributed by atoms with E-state index in [1.54, 1.807) is 30.3 Å². The molecule has 0 saturated heterocycles. The fraction of sp³-hybridized carbons (Fsp3) is 0.316. The van der Waals surface area contributed by atoms with Crippen LogP contribution < -0.4 is 25.8 Å². The highest BCUT2D eigenvalue weighted by molar-refractivity contribution is 5.94. The Morgan fingerprint density at radius 2 is 1.89 bits per heavy atom. The van der Waals surface area contributed by atoms with Crippen molar-refractivity contribution >= 4 is 23.0 Å². The summed E-state index contributed by atoms with van der Waals surface area (Å²) in [5.74, 6) is 1.54. The summed E-state index contributed by atoms with van der Waals surface area (Å²) in [6, 6.07) is 11.9. The molecule has 2 aromatic rings. The fourth-order valence-electron chi connectivity index (χ4n) is 2.47. The number of guanidine groups is 1. The van der Waals surface area contributed by atoms with Gasteiger partial charge >= 0.3 is 0 Å². The Labute approximate surface area is 163 Å². The summed E-state index contributed by atoms with van der Waals surface area (Å²) < 4.78 is 11.1. The van der Waals surface area contributed by atoms with E-state index in [0.29, 0.717) is 49.2 Å². The number of aliphatic imine (C=N–C) groups is 1. The summed E-state index contributed by atoms with van der Waals surface area (Å²) in [4.78, 5) is 14.8. The highest BCUT2D eigenvalue weighted by atomic mass is 16.6. The highest BCUT2D eigenvalue weighted by Gasteiger charge is 2.11. The Hall–Kier alpha value is -3.49. The molecule has 0 saturated carbocycles. The second-order valence-corrected chi connectivity index (χ2v) is 5.62. The van der Waals surface area contributed by atoms with Crippen LogP contribution in [0.15, 0.2) is 47.5 Å². The van der Waals surface area contributed by atoms with Gasteiger partial charge in [0.2, 0.25) is 0 Å². The van der Waals surface area contributed by atoms with E-state index >= 15 is 0 Å². The van der Waals surface area contributed by atoms with Crippen molar-refractivity contribution in [1.29, 1.82) is 0 Å². The van der Waals surface area contributed by atoms with Crippen LogP contribution in [0, 0.1) is 10.1 Å². The van der Waals surface area contributed by atoms with Crippen LogP contribution in [0.3, 0.4) is 0 Å². The molecular formula is C19H25N5O4. The van der Waals surface area contributed by atoms with Gasteiger partial charge in [0.1, 0.15) is 17.2 Å². The number of ether oxygens (including phenoxy) is 2. The molecule has 0 spiro atoms. The number of nitro groups is 1. The van der Waals surface area contributed by atoms with Gasteiger partial charge in [0.25, 0.3) is 5.69 Å². The first kappa shape index (κ1) is 20.8. The lowest BCUT2D eigenvalue weighted by atomic mass is 10.2. The lowest BCUT2D eigenvalue weighted by Gasteiger charge is -2.14. The molecule has 0 fully saturated rings. The van der Waals surface area contributed by atoms with E-state index in [2.05, 4.69) is 15.6 Å². The number of nitro benzene ring substituents is 1. The summed E-state index contributed by atoms with van der Waals surface area (Å²) >= 11 is 0. The van der Waals surface area contributed by atoms with E-state index < -0.39 is 4.92 Å². The van der Waals surface area contributed by atoms with Crippen LogP contribution in [-0.2, 0) is 0 Å². The molecule has 2 rings (SSSR count). The quantitative estimate of drug-likeness (QED) is 0.188. The summed E-state index contributed by atoms with van der Waals surface area (Å²) in [5, 5.41) is 17.0. The second kappa shape index (κ2) is 10.6. The van der Waals surface area contributed by atoms with Gasteiger partial charge in [-0.3, -0.25) is 15.1 Å². The molecule has 9 nitrogen and oxygen atoms in total. The molecule has 0 aliphatic carbocycles. The van der Waals surface area contributed by atoms with E-state index in [1.165, 1.54) is 6.07 Å². The summed E-state index contributed by atoms with van der Waals surface area (Å²) in [6.45, 7) is 5.59. The first-order valence-electron chi connectivity index (χ1n) is 8.99. The van der Waals surface area contributed by atoms with E-state index in [-0.39, 0.29) is 11.6 Å². The lowest BCUT2D eigenvalue weighted by molar-refractivity contribution is -0.384. The van der Waals surface area contributed by atoms with Crippen LogP contribution in [0.2, 0.25) is 0 Å². The third kappa shape index (κ3) is 6.04. The van der Waals surface area contributed by atoms with Crippen LogP contribution in [0.25, 0.3) is 0 Å². The minimum Gasteiger partial charge on any atom is -0.494 e. The predicted molar refractivity (Wildman–Crippen MR) is 110 cm³/mol. The maximum atomic E-state index is 11.0. The largest absolute Gasteiger partial charge is 0.494 e. The van der Waals surface area contributed by atoms with Gasteiger partial charge in [-0.25, -0.2) is 0 Å². The molecule has 4 N–H and O–H groups in total. The Kier molecular flexibility index (Phi) is 7.89. The molecular weight excluding hydrogens is 362 g/mol. The zero-order chi connectivity index (χ0) is 20.4. The lowest BCUT2D eigenvalue weighted by Crippen LogP contribution is -2.24. The van der Waals surface area contributed by atoms with Crippen molar-refractivity contribution in [3.8, 4) is 11.5 Å². The first-order valence-corrected chi connectivity index (χ1v) is 8.99. The van der Waals surface area contributed by atoms with Crippen molar-refractivity contribution < 1.29 is 14.4 Å². The number of nitrogens with zero attached hydrogens (tertiary/aromatic N) is 2. The predicted octanol–water partition coefficient (Wildman–Crippen LogP) is 3.23. The number of nitrogens with two attached hydrogens (primary N) is 1. The summed E-state index contributed by atoms with van der Waals surface area (Å²) in [7, 11) is 0. The van der Waals surface area contributed by atoms with Gasteiger partial charge in [-0.15, -0.1) is 0 Å². The maximum Gasteiger partial charge on any atom is 0.292 e. The van der Waals surface area contributed by atoms with Crippen LogP contribution >= 0.6 is 0 Å². The summed E-state index contributed by atoms with van der Waals surface area (Å²) in [5.41, 5.74) is 7.07. The topological polar surface area (TPSA) is 124 Å². The number of nitrogens with one attached hydrogen (secondary N) is 2. The smallest absolute Gasteiger partial charge is 0.292 e. The number of hydrogen-bond donors (Lipinski definition) is 3. The Morgan fingerprint density at radius 3 is 2.61 bits per heavy atom. The molecule has 0 unspecified atom stereocenters. The van der Waals surface area contributed by atoms with Crippen molar-refractivity contribution in [2.24, 2.45) is 10.7 Å². The van der Waals surface area contributed by atoms with E-state index in [0.717, 1.165) is 0 Å². The molecule has 28 heavy (non-hydrogen) atoms. The number of hydrogen-bond acceptors (Lipinski definition) is 6. The SMILES string of the molecule is CCOc1ccc(OCC)c(NC(N)=NCCNc2ccccc2[N+](=O)[O-])c1. The van der Waals surface area contributed by atoms with Crippen LogP contribution in [0.4, 0.5) is 17.1 Å². The molecule has 0 bridgehead atoms. The van der Waals surface area contributed by atoms with Crippen molar-refractivity contribution in [3.63, 3.8) is 0 Å². The molecule has 0 aromatic heterocycles. The summed E-state index contributed by atoms with van der Waals surface area (Å²) in [6.07, 6.45) is 0. The van der Waals surface area contributed by atoms with Crippen LogP contribution in [-0.4, -0.2) is 37.2 Å².